The molecule has 1 aliphatic rings. The largest absolute Gasteiger partial charge is 0.456 e. The monoisotopic (exact) mass is 494 g/mol. The van der Waals surface area contributed by atoms with Crippen LogP contribution in [0.25, 0.3) is 0 Å². The Bertz CT molecular complexity index is 832. The van der Waals surface area contributed by atoms with Crippen LogP contribution < -0.4 is 0 Å². The van der Waals surface area contributed by atoms with Gasteiger partial charge in [-0.1, -0.05) is 51.1 Å². The van der Waals surface area contributed by atoms with E-state index < -0.39 is 41.9 Å². The highest BCUT2D eigenvalue weighted by molar-refractivity contribution is 5.76. The highest BCUT2D eigenvalue weighted by atomic mass is 16.7. The molecule has 8 heteroatoms. The number of hydrogen-bond donors (Lipinski definition) is 4. The van der Waals surface area contributed by atoms with Crippen molar-refractivity contribution < 1.29 is 39.4 Å². The van der Waals surface area contributed by atoms with E-state index in [1.165, 1.54) is 7.11 Å². The van der Waals surface area contributed by atoms with Crippen LogP contribution in [0.2, 0.25) is 0 Å². The Hall–Kier alpha value is -1.81. The molecule has 1 heterocycles. The van der Waals surface area contributed by atoms with Crippen LogP contribution in [0, 0.1) is 5.92 Å². The zero-order valence-electron chi connectivity index (χ0n) is 21.5. The number of ether oxygens (including phenoxy) is 3. The van der Waals surface area contributed by atoms with E-state index in [0.717, 1.165) is 11.1 Å². The summed E-state index contributed by atoms with van der Waals surface area (Å²) in [6.45, 7) is 7.27. The molecule has 6 atom stereocenters. The summed E-state index contributed by atoms with van der Waals surface area (Å²) in [4.78, 5) is 13.2. The van der Waals surface area contributed by atoms with Gasteiger partial charge in [0, 0.05) is 44.3 Å². The van der Waals surface area contributed by atoms with Crippen molar-refractivity contribution in [1.82, 2.24) is 0 Å². The van der Waals surface area contributed by atoms with Crippen molar-refractivity contribution in [3.8, 4) is 0 Å². The van der Waals surface area contributed by atoms with Crippen molar-refractivity contribution in [2.45, 2.75) is 89.3 Å². The first kappa shape index (κ1) is 29.4. The molecular weight excluding hydrogens is 452 g/mol. The molecule has 8 nitrogen and oxygen atoms in total. The number of esters is 1. The molecule has 0 radical (unpaired) electrons. The minimum absolute atomic E-state index is 0.0518. The molecule has 0 saturated carbocycles. The topological polar surface area (TPSA) is 126 Å². The Morgan fingerprint density at radius 1 is 1.26 bits per heavy atom. The Labute approximate surface area is 208 Å². The van der Waals surface area contributed by atoms with Crippen molar-refractivity contribution >= 4 is 5.97 Å². The zero-order chi connectivity index (χ0) is 26.2. The molecule has 0 aromatic heterocycles. The zero-order valence-corrected chi connectivity index (χ0v) is 21.5. The molecule has 4 N–H and O–H groups in total. The highest BCUT2D eigenvalue weighted by Crippen LogP contribution is 2.32. The van der Waals surface area contributed by atoms with Gasteiger partial charge in [0.2, 0.25) is 0 Å². The number of aliphatic hydroxyl groups excluding tert-OH is 4. The summed E-state index contributed by atoms with van der Waals surface area (Å²) in [6, 6.07) is 7.47. The van der Waals surface area contributed by atoms with Crippen molar-refractivity contribution in [3.05, 3.63) is 47.0 Å². The van der Waals surface area contributed by atoms with Gasteiger partial charge in [-0.15, -0.1) is 0 Å². The predicted octanol–water partition coefficient (Wildman–Crippen LogP) is 2.25. The molecular formula is C27H42O8. The third-order valence-electron chi connectivity index (χ3n) is 6.90. The van der Waals surface area contributed by atoms with Crippen molar-refractivity contribution in [3.63, 3.8) is 0 Å². The Morgan fingerprint density at radius 2 is 1.97 bits per heavy atom. The number of benzene rings is 1. The van der Waals surface area contributed by atoms with Crippen LogP contribution in [0.4, 0.5) is 0 Å². The third-order valence-corrected chi connectivity index (χ3v) is 6.90. The van der Waals surface area contributed by atoms with Gasteiger partial charge in [-0.3, -0.25) is 0 Å². The number of carbonyl (C=O) groups excluding carboxylic acids is 1. The lowest BCUT2D eigenvalue weighted by atomic mass is 9.76. The summed E-state index contributed by atoms with van der Waals surface area (Å²) in [7, 11) is 1.42. The number of aliphatic hydroxyl groups is 4. The molecule has 0 fully saturated rings. The molecule has 1 aliphatic heterocycles. The van der Waals surface area contributed by atoms with E-state index in [9.17, 15) is 25.2 Å². The molecule has 35 heavy (non-hydrogen) atoms. The minimum Gasteiger partial charge on any atom is -0.456 e. The highest BCUT2D eigenvalue weighted by Gasteiger charge is 2.36. The Kier molecular flexibility index (Phi) is 11.3. The van der Waals surface area contributed by atoms with Crippen LogP contribution in [0.3, 0.4) is 0 Å². The first-order valence-electron chi connectivity index (χ1n) is 12.3. The van der Waals surface area contributed by atoms with Gasteiger partial charge in [-0.2, -0.15) is 0 Å². The van der Waals surface area contributed by atoms with Crippen LogP contribution in [-0.4, -0.2) is 77.4 Å². The normalized spacial score (nSPS) is 29.2. The van der Waals surface area contributed by atoms with Crippen LogP contribution in [0.1, 0.15) is 58.1 Å². The van der Waals surface area contributed by atoms with E-state index in [-0.39, 0.29) is 38.6 Å². The van der Waals surface area contributed by atoms with E-state index in [1.807, 2.05) is 51.1 Å². The van der Waals surface area contributed by atoms with Crippen LogP contribution in [-0.2, 0) is 30.8 Å². The van der Waals surface area contributed by atoms with E-state index in [0.29, 0.717) is 12.0 Å². The fourth-order valence-corrected chi connectivity index (χ4v) is 4.33. The first-order valence-corrected chi connectivity index (χ1v) is 12.3. The van der Waals surface area contributed by atoms with E-state index in [4.69, 9.17) is 14.2 Å². The Balaban J connectivity index is 2.49. The third kappa shape index (κ3) is 8.10. The van der Waals surface area contributed by atoms with Gasteiger partial charge >= 0.3 is 5.97 Å². The second kappa shape index (κ2) is 13.5. The van der Waals surface area contributed by atoms with E-state index >= 15 is 0 Å². The number of carbonyl (C=O) groups is 1. The van der Waals surface area contributed by atoms with Gasteiger partial charge in [0.25, 0.3) is 0 Å². The lowest BCUT2D eigenvalue weighted by Crippen LogP contribution is -2.43. The summed E-state index contributed by atoms with van der Waals surface area (Å²) in [5.41, 5.74) is 1.63. The molecule has 0 unspecified atom stereocenters. The fourth-order valence-electron chi connectivity index (χ4n) is 4.33. The van der Waals surface area contributed by atoms with Gasteiger partial charge in [0.1, 0.15) is 12.9 Å². The quantitative estimate of drug-likeness (QED) is 0.258. The van der Waals surface area contributed by atoms with Gasteiger partial charge in [0.05, 0.1) is 18.3 Å². The second-order valence-electron chi connectivity index (χ2n) is 10.0. The number of rotatable bonds is 7. The maximum Gasteiger partial charge on any atom is 0.338 e. The van der Waals surface area contributed by atoms with Crippen molar-refractivity contribution in [2.75, 3.05) is 20.5 Å². The molecule has 0 aliphatic carbocycles. The summed E-state index contributed by atoms with van der Waals surface area (Å²) < 4.78 is 16.2. The van der Waals surface area contributed by atoms with Gasteiger partial charge in [-0.25, -0.2) is 4.79 Å². The van der Waals surface area contributed by atoms with Gasteiger partial charge in [0.15, 0.2) is 6.10 Å². The molecule has 1 aromatic rings. The second-order valence-corrected chi connectivity index (χ2v) is 10.0. The standard InChI is InChI=1S/C27H42O8/c1-6-18(15-28)10-17(2)23-13-21(29)14-24(31)27(3,4)20-9-7-8-19(11-20)12-22(30)25(26(32)35-23)34-16-33-5/h7-11,18,21-25,28-31H,6,12-16H2,1-5H3/b17-10-/t18-,21-,22-,23+,24+,25+/m1/s1. The molecule has 0 saturated heterocycles. The summed E-state index contributed by atoms with van der Waals surface area (Å²) in [5.74, 6) is -0.898. The summed E-state index contributed by atoms with van der Waals surface area (Å²) in [6.07, 6.45) is -2.36. The first-order chi connectivity index (χ1) is 16.5. The van der Waals surface area contributed by atoms with Crippen molar-refractivity contribution in [1.29, 1.82) is 0 Å². The Morgan fingerprint density at radius 3 is 2.60 bits per heavy atom. The average molecular weight is 495 g/mol. The summed E-state index contributed by atoms with van der Waals surface area (Å²) in [5, 5.41) is 42.5. The maximum absolute atomic E-state index is 13.2. The summed E-state index contributed by atoms with van der Waals surface area (Å²) >= 11 is 0. The molecule has 198 valence electrons. The smallest absolute Gasteiger partial charge is 0.338 e. The lowest BCUT2D eigenvalue weighted by Gasteiger charge is -2.34. The van der Waals surface area contributed by atoms with Gasteiger partial charge < -0.3 is 34.6 Å². The van der Waals surface area contributed by atoms with Crippen molar-refractivity contribution in [2.24, 2.45) is 5.92 Å². The number of cyclic esters (lactones) is 1. The number of hydrogen-bond acceptors (Lipinski definition) is 8. The van der Waals surface area contributed by atoms with Gasteiger partial charge in [-0.05, 0) is 30.0 Å². The van der Waals surface area contributed by atoms with E-state index in [1.54, 1.807) is 6.92 Å². The molecule has 2 rings (SSSR count). The van der Waals surface area contributed by atoms with E-state index in [2.05, 4.69) is 0 Å². The number of methoxy groups -OCH3 is 1. The maximum atomic E-state index is 13.2. The predicted molar refractivity (Wildman–Crippen MR) is 132 cm³/mol. The fraction of sp³-hybridized carbons (Fsp3) is 0.667. The SMILES string of the molecule is CC[C@H](/C=C(/C)[C@@H]1C[C@@H](O)C[C@H](O)C(C)(C)c2cccc(c2)C[C@@H](O)[C@H](OCOC)C(=O)O1)CO. The van der Waals surface area contributed by atoms with Crippen LogP contribution in [0.5, 0.6) is 0 Å². The molecule has 2 bridgehead atoms. The molecule has 0 spiro atoms. The molecule has 0 amide bonds. The minimum atomic E-state index is -1.30. The molecule has 1 aromatic carbocycles. The average Bonchev–Trinajstić information content (AvgIpc) is 2.81. The lowest BCUT2D eigenvalue weighted by molar-refractivity contribution is -0.180. The van der Waals surface area contributed by atoms with Crippen LogP contribution in [0.15, 0.2) is 35.9 Å². The number of fused-ring (bicyclic) bond motifs is 2. The van der Waals surface area contributed by atoms with Crippen LogP contribution >= 0.6 is 0 Å².